The van der Waals surface area contributed by atoms with Gasteiger partial charge in [-0.15, -0.1) is 0 Å². The fraction of sp³-hybridized carbons (Fsp3) is 0.933. The molecule has 0 rings (SSSR count). The molecule has 0 fully saturated rings. The quantitative estimate of drug-likeness (QED) is 0.592. The highest BCUT2D eigenvalue weighted by Gasteiger charge is 2.32. The van der Waals surface area contributed by atoms with E-state index in [2.05, 4.69) is 50.1 Å². The van der Waals surface area contributed by atoms with Crippen molar-refractivity contribution < 1.29 is 4.79 Å². The third-order valence-electron chi connectivity index (χ3n) is 3.88. The summed E-state index contributed by atoms with van der Waals surface area (Å²) in [5.41, 5.74) is 4.95. The molecule has 0 bridgehead atoms. The second kappa shape index (κ2) is 9.32. The molecule has 0 spiro atoms. The molecule has 0 aliphatic carbocycles. The average molecular weight is 286 g/mol. The predicted molar refractivity (Wildman–Crippen MR) is 85.8 cm³/mol. The Hall–Kier alpha value is -0.650. The number of nitrogens with zero attached hydrogens (tertiary/aromatic N) is 2. The number of nitrogens with one attached hydrogen (secondary N) is 1. The molecule has 120 valence electrons. The molecule has 2 unspecified atom stereocenters. The summed E-state index contributed by atoms with van der Waals surface area (Å²) in [5.74, 6) is -0.264. The summed E-state index contributed by atoms with van der Waals surface area (Å²) in [6, 6.07) is 0.319. The zero-order chi connectivity index (χ0) is 15.8. The number of primary amides is 1. The third kappa shape index (κ3) is 7.22. The van der Waals surface area contributed by atoms with Gasteiger partial charge >= 0.3 is 0 Å². The summed E-state index contributed by atoms with van der Waals surface area (Å²) >= 11 is 0. The van der Waals surface area contributed by atoms with Gasteiger partial charge in [0.2, 0.25) is 5.91 Å². The van der Waals surface area contributed by atoms with Crippen LogP contribution in [0.4, 0.5) is 0 Å². The Morgan fingerprint density at radius 3 is 2.35 bits per heavy atom. The van der Waals surface area contributed by atoms with Crippen molar-refractivity contribution in [2.75, 3.05) is 40.8 Å². The van der Waals surface area contributed by atoms with Crippen molar-refractivity contribution in [3.63, 3.8) is 0 Å². The Labute approximate surface area is 124 Å². The Balaban J connectivity index is 4.36. The molecule has 5 heteroatoms. The smallest absolute Gasteiger partial charge is 0.237 e. The fourth-order valence-corrected chi connectivity index (χ4v) is 2.26. The Kier molecular flexibility index (Phi) is 9.01. The van der Waals surface area contributed by atoms with Gasteiger partial charge in [0, 0.05) is 6.04 Å². The maximum Gasteiger partial charge on any atom is 0.237 e. The van der Waals surface area contributed by atoms with E-state index in [4.69, 9.17) is 5.73 Å². The van der Waals surface area contributed by atoms with Gasteiger partial charge < -0.3 is 20.9 Å². The van der Waals surface area contributed by atoms with Crippen molar-refractivity contribution in [2.24, 2.45) is 5.73 Å². The van der Waals surface area contributed by atoms with Crippen molar-refractivity contribution in [2.45, 2.75) is 51.6 Å². The highest BCUT2D eigenvalue weighted by atomic mass is 16.1. The minimum atomic E-state index is -0.620. The maximum atomic E-state index is 11.7. The molecule has 0 aliphatic heterocycles. The molecule has 1 amide bonds. The summed E-state index contributed by atoms with van der Waals surface area (Å²) in [6.45, 7) is 9.08. The SMILES string of the molecule is CCCNC(C)(CC(C)N(C)CCCN(C)C)C(N)=O. The highest BCUT2D eigenvalue weighted by Crippen LogP contribution is 2.16. The molecular weight excluding hydrogens is 252 g/mol. The van der Waals surface area contributed by atoms with Crippen LogP contribution in [0.3, 0.4) is 0 Å². The van der Waals surface area contributed by atoms with Gasteiger partial charge in [-0.2, -0.15) is 0 Å². The van der Waals surface area contributed by atoms with E-state index in [1.54, 1.807) is 0 Å². The number of rotatable bonds is 11. The number of hydrogen-bond donors (Lipinski definition) is 2. The standard InChI is InChI=1S/C15H34N4O/c1-7-9-17-15(3,14(16)20)12-13(2)19(6)11-8-10-18(4)5/h13,17H,7-12H2,1-6H3,(H2,16,20). The van der Waals surface area contributed by atoms with Crippen molar-refractivity contribution in [1.29, 1.82) is 0 Å². The molecule has 0 aromatic rings. The molecule has 0 saturated heterocycles. The van der Waals surface area contributed by atoms with Crippen molar-refractivity contribution in [3.05, 3.63) is 0 Å². The van der Waals surface area contributed by atoms with Crippen LogP contribution in [0.25, 0.3) is 0 Å². The van der Waals surface area contributed by atoms with E-state index in [9.17, 15) is 4.79 Å². The number of amides is 1. The molecule has 0 saturated carbocycles. The zero-order valence-corrected chi connectivity index (χ0v) is 14.2. The van der Waals surface area contributed by atoms with Crippen LogP contribution >= 0.6 is 0 Å². The van der Waals surface area contributed by atoms with Gasteiger partial charge in [-0.1, -0.05) is 6.92 Å². The fourth-order valence-electron chi connectivity index (χ4n) is 2.26. The van der Waals surface area contributed by atoms with Gasteiger partial charge in [0.15, 0.2) is 0 Å². The summed E-state index contributed by atoms with van der Waals surface area (Å²) in [6.07, 6.45) is 2.86. The Bertz CT molecular complexity index is 283. The van der Waals surface area contributed by atoms with Gasteiger partial charge in [0.25, 0.3) is 0 Å². The molecule has 0 aromatic heterocycles. The summed E-state index contributed by atoms with van der Waals surface area (Å²) in [5, 5.41) is 3.30. The summed E-state index contributed by atoms with van der Waals surface area (Å²) in [7, 11) is 6.28. The van der Waals surface area contributed by atoms with Gasteiger partial charge in [0.1, 0.15) is 0 Å². The van der Waals surface area contributed by atoms with Crippen LogP contribution in [-0.4, -0.2) is 68.1 Å². The molecular formula is C15H34N4O. The second-order valence-electron chi connectivity index (χ2n) is 6.31. The molecule has 20 heavy (non-hydrogen) atoms. The van der Waals surface area contributed by atoms with Crippen molar-refractivity contribution >= 4 is 5.91 Å². The van der Waals surface area contributed by atoms with E-state index in [0.717, 1.165) is 38.9 Å². The Morgan fingerprint density at radius 2 is 1.90 bits per heavy atom. The molecule has 0 aromatic carbocycles. The highest BCUT2D eigenvalue weighted by molar-refractivity contribution is 5.84. The van der Waals surface area contributed by atoms with Crippen LogP contribution in [-0.2, 0) is 4.79 Å². The van der Waals surface area contributed by atoms with Crippen LogP contribution < -0.4 is 11.1 Å². The Morgan fingerprint density at radius 1 is 1.30 bits per heavy atom. The first kappa shape index (κ1) is 19.4. The number of carbonyl (C=O) groups is 1. The first-order valence-electron chi connectivity index (χ1n) is 7.62. The van der Waals surface area contributed by atoms with Crippen LogP contribution in [0, 0.1) is 0 Å². The lowest BCUT2D eigenvalue weighted by atomic mass is 9.92. The molecule has 0 radical (unpaired) electrons. The van der Waals surface area contributed by atoms with Gasteiger partial charge in [-0.3, -0.25) is 4.79 Å². The van der Waals surface area contributed by atoms with Gasteiger partial charge in [-0.05, 0) is 73.9 Å². The maximum absolute atomic E-state index is 11.7. The average Bonchev–Trinajstić information content (AvgIpc) is 2.35. The van der Waals surface area contributed by atoms with Gasteiger partial charge in [-0.25, -0.2) is 0 Å². The third-order valence-corrected chi connectivity index (χ3v) is 3.88. The first-order valence-corrected chi connectivity index (χ1v) is 7.62. The van der Waals surface area contributed by atoms with Gasteiger partial charge in [0.05, 0.1) is 5.54 Å². The number of carbonyl (C=O) groups excluding carboxylic acids is 1. The lowest BCUT2D eigenvalue weighted by Gasteiger charge is -2.34. The van der Waals surface area contributed by atoms with E-state index in [1.807, 2.05) is 6.92 Å². The normalized spacial score (nSPS) is 16.4. The van der Waals surface area contributed by atoms with Crippen molar-refractivity contribution in [1.82, 2.24) is 15.1 Å². The van der Waals surface area contributed by atoms with Crippen LogP contribution in [0.15, 0.2) is 0 Å². The lowest BCUT2D eigenvalue weighted by molar-refractivity contribution is -0.124. The predicted octanol–water partition coefficient (Wildman–Crippen LogP) is 0.892. The monoisotopic (exact) mass is 286 g/mol. The lowest BCUT2D eigenvalue weighted by Crippen LogP contribution is -2.56. The minimum absolute atomic E-state index is 0.264. The molecule has 0 aliphatic rings. The summed E-state index contributed by atoms with van der Waals surface area (Å²) < 4.78 is 0. The van der Waals surface area contributed by atoms with Crippen LogP contribution in [0.2, 0.25) is 0 Å². The van der Waals surface area contributed by atoms with E-state index in [0.29, 0.717) is 6.04 Å². The molecule has 0 heterocycles. The number of hydrogen-bond acceptors (Lipinski definition) is 4. The molecule has 3 N–H and O–H groups in total. The van der Waals surface area contributed by atoms with Crippen LogP contribution in [0.1, 0.15) is 40.0 Å². The topological polar surface area (TPSA) is 61.6 Å². The molecule has 2 atom stereocenters. The van der Waals surface area contributed by atoms with E-state index < -0.39 is 5.54 Å². The largest absolute Gasteiger partial charge is 0.368 e. The van der Waals surface area contributed by atoms with E-state index in [1.165, 1.54) is 0 Å². The van der Waals surface area contributed by atoms with E-state index in [-0.39, 0.29) is 5.91 Å². The molecule has 5 nitrogen and oxygen atoms in total. The zero-order valence-electron chi connectivity index (χ0n) is 14.2. The minimum Gasteiger partial charge on any atom is -0.368 e. The van der Waals surface area contributed by atoms with Crippen LogP contribution in [0.5, 0.6) is 0 Å². The number of nitrogens with two attached hydrogens (primary N) is 1. The second-order valence-corrected chi connectivity index (χ2v) is 6.31. The van der Waals surface area contributed by atoms with E-state index >= 15 is 0 Å². The van der Waals surface area contributed by atoms with Crippen molar-refractivity contribution in [3.8, 4) is 0 Å². The first-order chi connectivity index (χ1) is 9.23. The summed E-state index contributed by atoms with van der Waals surface area (Å²) in [4.78, 5) is 16.2.